The number of hydrogen-bond acceptors (Lipinski definition) is 2. The highest BCUT2D eigenvalue weighted by atomic mass is 35.5. The normalized spacial score (nSPS) is 13.5. The first-order chi connectivity index (χ1) is 8.45. The largest absolute Gasteiger partial charge is 0.480 e. The molecule has 19 heavy (non-hydrogen) atoms. The predicted molar refractivity (Wildman–Crippen MR) is 71.5 cm³/mol. The molecule has 0 radical (unpaired) electrons. The molecule has 0 bridgehead atoms. The lowest BCUT2D eigenvalue weighted by atomic mass is 10.0. The van der Waals surface area contributed by atoms with Gasteiger partial charge in [-0.25, -0.2) is 8.78 Å². The first-order valence-electron chi connectivity index (χ1n) is 5.89. The number of nitrogens with one attached hydrogen (secondary N) is 1. The summed E-state index contributed by atoms with van der Waals surface area (Å²) in [5.41, 5.74) is 0.136. The summed E-state index contributed by atoms with van der Waals surface area (Å²) in [5.74, 6) is -2.07. The number of carboxylic acid groups (broad SMARTS) is 1. The summed E-state index contributed by atoms with van der Waals surface area (Å²) in [6, 6.07) is 1.84. The van der Waals surface area contributed by atoms with E-state index in [9.17, 15) is 13.6 Å². The molecular formula is C13H18ClF2NO2. The lowest BCUT2D eigenvalue weighted by Crippen LogP contribution is -2.38. The van der Waals surface area contributed by atoms with Crippen molar-refractivity contribution in [3.8, 4) is 0 Å². The van der Waals surface area contributed by atoms with Gasteiger partial charge in [0, 0.05) is 11.6 Å². The van der Waals surface area contributed by atoms with Gasteiger partial charge in [0.05, 0.1) is 0 Å². The smallest absolute Gasteiger partial charge is 0.320 e. The molecule has 3 nitrogen and oxygen atoms in total. The number of aliphatic carboxylic acids is 1. The summed E-state index contributed by atoms with van der Waals surface area (Å²) in [6.45, 7) is 3.48. The van der Waals surface area contributed by atoms with Crippen LogP contribution in [0.25, 0.3) is 0 Å². The third-order valence-corrected chi connectivity index (χ3v) is 2.75. The second kappa shape index (κ2) is 8.07. The van der Waals surface area contributed by atoms with Gasteiger partial charge in [-0.2, -0.15) is 0 Å². The molecule has 108 valence electrons. The van der Waals surface area contributed by atoms with Crippen LogP contribution < -0.4 is 5.32 Å². The Kier molecular flexibility index (Phi) is 7.56. The fourth-order valence-electron chi connectivity index (χ4n) is 1.80. The molecule has 0 fully saturated rings. The molecule has 0 aliphatic carbocycles. The first-order valence-corrected chi connectivity index (χ1v) is 5.89. The fraction of sp³-hybridized carbons (Fsp3) is 0.462. The molecule has 0 saturated carbocycles. The van der Waals surface area contributed by atoms with Gasteiger partial charge in [0.15, 0.2) is 0 Å². The fourth-order valence-corrected chi connectivity index (χ4v) is 1.80. The van der Waals surface area contributed by atoms with Crippen molar-refractivity contribution < 1.29 is 18.7 Å². The molecule has 0 aliphatic heterocycles. The molecule has 2 unspecified atom stereocenters. The number of carboxylic acids is 1. The van der Waals surface area contributed by atoms with Gasteiger partial charge < -0.3 is 5.11 Å². The zero-order valence-corrected chi connectivity index (χ0v) is 11.6. The molecule has 0 aliphatic rings. The van der Waals surface area contributed by atoms with Crippen LogP contribution in [-0.4, -0.2) is 17.1 Å². The van der Waals surface area contributed by atoms with Crippen LogP contribution in [0.5, 0.6) is 0 Å². The van der Waals surface area contributed by atoms with Gasteiger partial charge in [-0.3, -0.25) is 10.1 Å². The van der Waals surface area contributed by atoms with Crippen LogP contribution in [0.4, 0.5) is 8.78 Å². The number of benzene rings is 1. The van der Waals surface area contributed by atoms with Crippen molar-refractivity contribution in [2.24, 2.45) is 0 Å². The lowest BCUT2D eigenvalue weighted by molar-refractivity contribution is -0.139. The van der Waals surface area contributed by atoms with Crippen molar-refractivity contribution in [1.29, 1.82) is 0 Å². The van der Waals surface area contributed by atoms with Gasteiger partial charge in [0.2, 0.25) is 0 Å². The van der Waals surface area contributed by atoms with E-state index in [2.05, 4.69) is 5.32 Å². The Morgan fingerprint density at radius 1 is 1.42 bits per heavy atom. The number of rotatable bonds is 6. The molecule has 2 N–H and O–H groups in total. The average Bonchev–Trinajstić information content (AvgIpc) is 2.31. The molecule has 1 aromatic rings. The quantitative estimate of drug-likeness (QED) is 0.846. The molecule has 0 spiro atoms. The lowest BCUT2D eigenvalue weighted by Gasteiger charge is -2.20. The Balaban J connectivity index is 0.00000324. The molecule has 0 heterocycles. The van der Waals surface area contributed by atoms with E-state index in [1.165, 1.54) is 0 Å². The van der Waals surface area contributed by atoms with Gasteiger partial charge in [-0.05, 0) is 31.5 Å². The highest BCUT2D eigenvalue weighted by Crippen LogP contribution is 2.19. The van der Waals surface area contributed by atoms with Crippen LogP contribution in [0.2, 0.25) is 0 Å². The van der Waals surface area contributed by atoms with Crippen molar-refractivity contribution in [3.05, 3.63) is 35.4 Å². The Morgan fingerprint density at radius 3 is 2.58 bits per heavy atom. The number of carbonyl (C=O) groups is 1. The van der Waals surface area contributed by atoms with Gasteiger partial charge in [0.1, 0.15) is 17.7 Å². The highest BCUT2D eigenvalue weighted by Gasteiger charge is 2.21. The summed E-state index contributed by atoms with van der Waals surface area (Å²) in [4.78, 5) is 11.0. The van der Waals surface area contributed by atoms with E-state index in [0.29, 0.717) is 12.8 Å². The second-order valence-electron chi connectivity index (χ2n) is 4.23. The Hall–Kier alpha value is -1.20. The minimum atomic E-state index is -0.986. The Labute approximate surface area is 117 Å². The topological polar surface area (TPSA) is 49.3 Å². The van der Waals surface area contributed by atoms with Crippen molar-refractivity contribution in [2.45, 2.75) is 38.8 Å². The van der Waals surface area contributed by atoms with E-state index < -0.39 is 29.7 Å². The third kappa shape index (κ3) is 5.12. The van der Waals surface area contributed by atoms with Crippen molar-refractivity contribution in [3.63, 3.8) is 0 Å². The summed E-state index contributed by atoms with van der Waals surface area (Å²) in [5, 5.41) is 11.8. The van der Waals surface area contributed by atoms with Crippen LogP contribution in [0.1, 0.15) is 38.3 Å². The molecule has 6 heteroatoms. The number of hydrogen-bond donors (Lipinski definition) is 2. The maximum absolute atomic E-state index is 13.5. The standard InChI is InChI=1S/C13H17F2NO2.ClH/c1-3-4-12(13(17)18)16-8(2)10-7-9(14)5-6-11(10)15;/h5-8,12,16H,3-4H2,1-2H3,(H,17,18);1H. The average molecular weight is 294 g/mol. The summed E-state index contributed by atoms with van der Waals surface area (Å²) >= 11 is 0. The number of halogens is 3. The van der Waals surface area contributed by atoms with Gasteiger partial charge >= 0.3 is 5.97 Å². The second-order valence-corrected chi connectivity index (χ2v) is 4.23. The minimum absolute atomic E-state index is 0. The van der Waals surface area contributed by atoms with E-state index in [0.717, 1.165) is 18.2 Å². The van der Waals surface area contributed by atoms with Crippen molar-refractivity contribution >= 4 is 18.4 Å². The van der Waals surface area contributed by atoms with E-state index in [1.54, 1.807) is 6.92 Å². The maximum Gasteiger partial charge on any atom is 0.320 e. The Morgan fingerprint density at radius 2 is 2.05 bits per heavy atom. The van der Waals surface area contributed by atoms with Crippen molar-refractivity contribution in [1.82, 2.24) is 5.32 Å². The van der Waals surface area contributed by atoms with E-state index in [1.807, 2.05) is 6.92 Å². The van der Waals surface area contributed by atoms with Gasteiger partial charge in [-0.15, -0.1) is 12.4 Å². The SMILES string of the molecule is CCCC(NC(C)c1cc(F)ccc1F)C(=O)O.Cl. The summed E-state index contributed by atoms with van der Waals surface area (Å²) in [6.07, 6.45) is 1.14. The van der Waals surface area contributed by atoms with Crippen LogP contribution in [0, 0.1) is 11.6 Å². The zero-order valence-electron chi connectivity index (χ0n) is 10.8. The van der Waals surface area contributed by atoms with Gasteiger partial charge in [-0.1, -0.05) is 13.3 Å². The van der Waals surface area contributed by atoms with E-state index in [4.69, 9.17) is 5.11 Å². The van der Waals surface area contributed by atoms with Crippen LogP contribution in [0.15, 0.2) is 18.2 Å². The van der Waals surface area contributed by atoms with Crippen molar-refractivity contribution in [2.75, 3.05) is 0 Å². The minimum Gasteiger partial charge on any atom is -0.480 e. The highest BCUT2D eigenvalue weighted by molar-refractivity contribution is 5.85. The predicted octanol–water partition coefficient (Wildman–Crippen LogP) is 3.29. The molecule has 0 amide bonds. The van der Waals surface area contributed by atoms with E-state index in [-0.39, 0.29) is 18.0 Å². The third-order valence-electron chi connectivity index (χ3n) is 2.75. The maximum atomic E-state index is 13.5. The Bertz CT molecular complexity index is 429. The van der Waals surface area contributed by atoms with Gasteiger partial charge in [0.25, 0.3) is 0 Å². The molecule has 0 saturated heterocycles. The molecule has 0 aromatic heterocycles. The summed E-state index contributed by atoms with van der Waals surface area (Å²) < 4.78 is 26.5. The molecular weight excluding hydrogens is 276 g/mol. The first kappa shape index (κ1) is 17.8. The van der Waals surface area contributed by atoms with Crippen LogP contribution in [0.3, 0.4) is 0 Å². The summed E-state index contributed by atoms with van der Waals surface area (Å²) in [7, 11) is 0. The van der Waals surface area contributed by atoms with Crippen LogP contribution in [-0.2, 0) is 4.79 Å². The van der Waals surface area contributed by atoms with E-state index >= 15 is 0 Å². The molecule has 1 aromatic carbocycles. The molecule has 2 atom stereocenters. The zero-order chi connectivity index (χ0) is 13.7. The molecule has 1 rings (SSSR count). The monoisotopic (exact) mass is 293 g/mol. The van der Waals surface area contributed by atoms with Crippen LogP contribution >= 0.6 is 12.4 Å².